The van der Waals surface area contributed by atoms with Gasteiger partial charge in [-0.15, -0.1) is 0 Å². The van der Waals surface area contributed by atoms with E-state index in [1.54, 1.807) is 7.11 Å². The average molecular weight is 261 g/mol. The molecule has 1 aromatic heterocycles. The van der Waals surface area contributed by atoms with Crippen molar-refractivity contribution < 1.29 is 19.2 Å². The van der Waals surface area contributed by atoms with Gasteiger partial charge >= 0.3 is 5.97 Å². The van der Waals surface area contributed by atoms with Crippen molar-refractivity contribution in [3.8, 4) is 5.75 Å². The fourth-order valence-corrected chi connectivity index (χ4v) is 1.82. The first-order valence-corrected chi connectivity index (χ1v) is 5.80. The number of carbonyl (C=O) groups is 1. The molecule has 0 aliphatic heterocycles. The van der Waals surface area contributed by atoms with Crippen molar-refractivity contribution in [2.24, 2.45) is 0 Å². The van der Waals surface area contributed by atoms with E-state index in [9.17, 15) is 4.79 Å². The molecule has 1 heterocycles. The minimum absolute atomic E-state index is 0.0865. The van der Waals surface area contributed by atoms with Crippen molar-refractivity contribution in [2.75, 3.05) is 7.11 Å². The van der Waals surface area contributed by atoms with Gasteiger partial charge in [0.15, 0.2) is 5.69 Å². The number of nitrogens with zero attached hydrogens (tertiary/aromatic N) is 1. The van der Waals surface area contributed by atoms with E-state index in [1.807, 2.05) is 38.1 Å². The molecule has 0 amide bonds. The van der Waals surface area contributed by atoms with Gasteiger partial charge in [-0.2, -0.15) is 0 Å². The van der Waals surface area contributed by atoms with E-state index in [-0.39, 0.29) is 5.69 Å². The van der Waals surface area contributed by atoms with Gasteiger partial charge < -0.3 is 14.4 Å². The Morgan fingerprint density at radius 1 is 1.32 bits per heavy atom. The molecular formula is C14H15NO4. The van der Waals surface area contributed by atoms with E-state index in [0.29, 0.717) is 5.76 Å². The van der Waals surface area contributed by atoms with E-state index in [2.05, 4.69) is 5.16 Å². The van der Waals surface area contributed by atoms with Crippen LogP contribution in [0, 0.1) is 0 Å². The Balaban J connectivity index is 2.36. The molecule has 2 aromatic rings. The molecule has 0 saturated heterocycles. The second kappa shape index (κ2) is 4.76. The van der Waals surface area contributed by atoms with Crippen LogP contribution in [0.4, 0.5) is 0 Å². The summed E-state index contributed by atoms with van der Waals surface area (Å²) in [6.07, 6.45) is 0. The van der Waals surface area contributed by atoms with Gasteiger partial charge in [-0.25, -0.2) is 4.79 Å². The van der Waals surface area contributed by atoms with Gasteiger partial charge in [0.1, 0.15) is 11.5 Å². The smallest absolute Gasteiger partial charge is 0.358 e. The highest BCUT2D eigenvalue weighted by Gasteiger charge is 2.29. The second-order valence-electron chi connectivity index (χ2n) is 4.74. The van der Waals surface area contributed by atoms with Gasteiger partial charge in [-0.05, 0) is 31.5 Å². The largest absolute Gasteiger partial charge is 0.497 e. The summed E-state index contributed by atoms with van der Waals surface area (Å²) in [5.41, 5.74) is 0.436. The molecule has 0 aliphatic rings. The van der Waals surface area contributed by atoms with Crippen LogP contribution in [0.1, 0.15) is 35.7 Å². The summed E-state index contributed by atoms with van der Waals surface area (Å²) < 4.78 is 10.2. The van der Waals surface area contributed by atoms with Crippen LogP contribution in [0.2, 0.25) is 0 Å². The minimum Gasteiger partial charge on any atom is -0.497 e. The summed E-state index contributed by atoms with van der Waals surface area (Å²) in [5.74, 6) is 0.180. The summed E-state index contributed by atoms with van der Waals surface area (Å²) >= 11 is 0. The predicted octanol–water partition coefficient (Wildman–Crippen LogP) is 2.71. The van der Waals surface area contributed by atoms with Gasteiger partial charge in [0.25, 0.3) is 0 Å². The Kier molecular flexibility index (Phi) is 3.29. The maximum absolute atomic E-state index is 10.8. The van der Waals surface area contributed by atoms with Crippen LogP contribution in [0.5, 0.6) is 5.75 Å². The first kappa shape index (κ1) is 13.1. The number of rotatable bonds is 4. The van der Waals surface area contributed by atoms with Crippen molar-refractivity contribution in [3.63, 3.8) is 0 Å². The van der Waals surface area contributed by atoms with E-state index in [0.717, 1.165) is 11.3 Å². The number of benzene rings is 1. The molecule has 5 nitrogen and oxygen atoms in total. The summed E-state index contributed by atoms with van der Waals surface area (Å²) in [6.45, 7) is 3.89. The molecule has 0 atom stereocenters. The van der Waals surface area contributed by atoms with E-state index in [4.69, 9.17) is 14.4 Å². The number of hydrogen-bond donors (Lipinski definition) is 1. The van der Waals surface area contributed by atoms with Gasteiger partial charge in [-0.1, -0.05) is 17.3 Å². The number of carboxylic acid groups (broad SMARTS) is 1. The zero-order valence-electron chi connectivity index (χ0n) is 11.0. The van der Waals surface area contributed by atoms with Crippen LogP contribution in [0.25, 0.3) is 0 Å². The van der Waals surface area contributed by atoms with Crippen LogP contribution in [0.15, 0.2) is 34.9 Å². The van der Waals surface area contributed by atoms with Crippen LogP contribution in [-0.2, 0) is 5.41 Å². The summed E-state index contributed by atoms with van der Waals surface area (Å²) in [5, 5.41) is 12.4. The summed E-state index contributed by atoms with van der Waals surface area (Å²) in [6, 6.07) is 8.99. The fourth-order valence-electron chi connectivity index (χ4n) is 1.82. The van der Waals surface area contributed by atoms with Crippen molar-refractivity contribution in [2.45, 2.75) is 19.3 Å². The second-order valence-corrected chi connectivity index (χ2v) is 4.74. The molecular weight excluding hydrogens is 246 g/mol. The standard InChI is InChI=1S/C14H15NO4/c1-14(2,9-4-6-10(18-3)7-5-9)12-8-11(13(16)17)15-19-12/h4-8H,1-3H3,(H,16,17). The number of ether oxygens (including phenoxy) is 1. The first-order chi connectivity index (χ1) is 8.95. The lowest BCUT2D eigenvalue weighted by Gasteiger charge is -2.21. The van der Waals surface area contributed by atoms with E-state index >= 15 is 0 Å². The van der Waals surface area contributed by atoms with E-state index < -0.39 is 11.4 Å². The van der Waals surface area contributed by atoms with Crippen molar-refractivity contribution in [3.05, 3.63) is 47.3 Å². The highest BCUT2D eigenvalue weighted by atomic mass is 16.5. The summed E-state index contributed by atoms with van der Waals surface area (Å²) in [4.78, 5) is 10.8. The average Bonchev–Trinajstić information content (AvgIpc) is 2.89. The van der Waals surface area contributed by atoms with Crippen LogP contribution in [0.3, 0.4) is 0 Å². The SMILES string of the molecule is COc1ccc(C(C)(C)c2cc(C(=O)O)no2)cc1. The fraction of sp³-hybridized carbons (Fsp3) is 0.286. The van der Waals surface area contributed by atoms with Crippen LogP contribution >= 0.6 is 0 Å². The quantitative estimate of drug-likeness (QED) is 0.916. The number of hydrogen-bond acceptors (Lipinski definition) is 4. The number of aromatic carboxylic acids is 1. The molecule has 5 heteroatoms. The first-order valence-electron chi connectivity index (χ1n) is 5.80. The Morgan fingerprint density at radius 2 is 1.95 bits per heavy atom. The lowest BCUT2D eigenvalue weighted by molar-refractivity contribution is 0.0685. The molecule has 0 fully saturated rings. The maximum Gasteiger partial charge on any atom is 0.358 e. The van der Waals surface area contributed by atoms with Crippen LogP contribution < -0.4 is 4.74 Å². The molecule has 0 spiro atoms. The third kappa shape index (κ3) is 2.45. The predicted molar refractivity (Wildman–Crippen MR) is 68.6 cm³/mol. The third-order valence-corrected chi connectivity index (χ3v) is 3.16. The Morgan fingerprint density at radius 3 is 2.42 bits per heavy atom. The molecule has 100 valence electrons. The molecule has 0 saturated carbocycles. The molecule has 2 rings (SSSR count). The molecule has 0 unspecified atom stereocenters. The number of carboxylic acids is 1. The van der Waals surface area contributed by atoms with E-state index in [1.165, 1.54) is 6.07 Å². The topological polar surface area (TPSA) is 72.6 Å². The Hall–Kier alpha value is -2.30. The molecule has 1 N–H and O–H groups in total. The van der Waals surface area contributed by atoms with Gasteiger partial charge in [0, 0.05) is 6.07 Å². The molecule has 0 aliphatic carbocycles. The molecule has 1 aromatic carbocycles. The highest BCUT2D eigenvalue weighted by molar-refractivity contribution is 5.85. The Labute approximate surface area is 110 Å². The molecule has 0 bridgehead atoms. The lowest BCUT2D eigenvalue weighted by Crippen LogP contribution is -2.18. The minimum atomic E-state index is -1.10. The zero-order valence-corrected chi connectivity index (χ0v) is 11.0. The lowest BCUT2D eigenvalue weighted by atomic mass is 9.82. The summed E-state index contributed by atoms with van der Waals surface area (Å²) in [7, 11) is 1.61. The molecule has 19 heavy (non-hydrogen) atoms. The van der Waals surface area contributed by atoms with Crippen molar-refractivity contribution in [1.29, 1.82) is 0 Å². The van der Waals surface area contributed by atoms with Gasteiger partial charge in [0.05, 0.1) is 12.5 Å². The third-order valence-electron chi connectivity index (χ3n) is 3.16. The normalized spacial score (nSPS) is 11.3. The maximum atomic E-state index is 10.8. The van der Waals surface area contributed by atoms with Crippen LogP contribution in [-0.4, -0.2) is 23.3 Å². The number of methoxy groups -OCH3 is 1. The highest BCUT2D eigenvalue weighted by Crippen LogP contribution is 2.32. The molecule has 0 radical (unpaired) electrons. The van der Waals surface area contributed by atoms with Gasteiger partial charge in [-0.3, -0.25) is 0 Å². The zero-order chi connectivity index (χ0) is 14.0. The Bertz CT molecular complexity index is 584. The van der Waals surface area contributed by atoms with Crippen molar-refractivity contribution in [1.82, 2.24) is 5.16 Å². The number of aromatic nitrogens is 1. The van der Waals surface area contributed by atoms with Gasteiger partial charge in [0.2, 0.25) is 0 Å². The monoisotopic (exact) mass is 261 g/mol. The van der Waals surface area contributed by atoms with Crippen molar-refractivity contribution >= 4 is 5.97 Å².